The van der Waals surface area contributed by atoms with Gasteiger partial charge in [-0.25, -0.2) is 15.0 Å². The molecule has 8 nitrogen and oxygen atoms in total. The summed E-state index contributed by atoms with van der Waals surface area (Å²) in [5.74, 6) is 5.17. The number of anilines is 3. The number of aromatic nitrogens is 4. The predicted octanol–water partition coefficient (Wildman–Crippen LogP) is 4.59. The van der Waals surface area contributed by atoms with Crippen LogP contribution in [0.15, 0.2) is 73.4 Å². The van der Waals surface area contributed by atoms with Crippen molar-refractivity contribution in [1.82, 2.24) is 19.4 Å². The summed E-state index contributed by atoms with van der Waals surface area (Å²) < 4.78 is 1.96. The Kier molecular flexibility index (Phi) is 6.76. The molecule has 0 aliphatic heterocycles. The molecule has 0 fully saturated rings. The number of rotatable bonds is 6. The number of nitrogens with zero attached hydrogens (tertiary/aromatic N) is 4. The number of benzene rings is 2. The number of halogens is 1. The first-order valence-electron chi connectivity index (χ1n) is 11.2. The molecule has 0 saturated carbocycles. The fraction of sp³-hybridized carbons (Fsp3) is 0.111. The molecule has 0 radical (unpaired) electrons. The van der Waals surface area contributed by atoms with Crippen LogP contribution < -0.4 is 10.6 Å². The highest BCUT2D eigenvalue weighted by Gasteiger charge is 2.09. The van der Waals surface area contributed by atoms with E-state index in [1.54, 1.807) is 24.4 Å². The molecule has 0 spiro atoms. The van der Waals surface area contributed by atoms with Gasteiger partial charge in [-0.15, -0.1) is 0 Å². The molecule has 0 unspecified atom stereocenters. The molecule has 0 saturated heterocycles. The minimum Gasteiger partial charge on any atom is -0.395 e. The number of carbonyl (C=O) groups excluding carboxylic acids is 1. The van der Waals surface area contributed by atoms with Crippen LogP contribution >= 0.6 is 11.6 Å². The molecular formula is C27H21ClN6O2. The lowest BCUT2D eigenvalue weighted by Gasteiger charge is -2.12. The molecule has 1 amide bonds. The van der Waals surface area contributed by atoms with E-state index >= 15 is 0 Å². The average Bonchev–Trinajstić information content (AvgIpc) is 3.34. The van der Waals surface area contributed by atoms with Crippen LogP contribution in [-0.2, 0) is 11.2 Å². The van der Waals surface area contributed by atoms with Crippen molar-refractivity contribution < 1.29 is 9.90 Å². The third kappa shape index (κ3) is 5.28. The number of amides is 1. The largest absolute Gasteiger partial charge is 0.395 e. The van der Waals surface area contributed by atoms with E-state index in [9.17, 15) is 4.79 Å². The van der Waals surface area contributed by atoms with Crippen molar-refractivity contribution in [2.24, 2.45) is 0 Å². The van der Waals surface area contributed by atoms with Gasteiger partial charge in [-0.2, -0.15) is 0 Å². The van der Waals surface area contributed by atoms with Crippen LogP contribution in [-0.4, -0.2) is 37.0 Å². The summed E-state index contributed by atoms with van der Waals surface area (Å²) >= 11 is 6.63. The van der Waals surface area contributed by atoms with Gasteiger partial charge in [-0.1, -0.05) is 23.6 Å². The maximum Gasteiger partial charge on any atom is 0.300 e. The maximum absolute atomic E-state index is 12.0. The zero-order chi connectivity index (χ0) is 24.9. The van der Waals surface area contributed by atoms with Crippen LogP contribution in [0.5, 0.6) is 0 Å². The maximum atomic E-state index is 12.0. The number of imidazole rings is 1. The van der Waals surface area contributed by atoms with Gasteiger partial charge in [-0.3, -0.25) is 4.79 Å². The van der Waals surface area contributed by atoms with E-state index in [-0.39, 0.29) is 13.0 Å². The van der Waals surface area contributed by atoms with E-state index in [0.717, 1.165) is 27.8 Å². The van der Waals surface area contributed by atoms with Crippen LogP contribution in [0.4, 0.5) is 17.2 Å². The second kappa shape index (κ2) is 10.4. The predicted molar refractivity (Wildman–Crippen MR) is 140 cm³/mol. The second-order valence-electron chi connectivity index (χ2n) is 8.02. The Morgan fingerprint density at radius 3 is 2.78 bits per heavy atom. The fourth-order valence-corrected chi connectivity index (χ4v) is 4.03. The number of fused-ring (bicyclic) bond motifs is 2. The van der Waals surface area contributed by atoms with Gasteiger partial charge in [0.2, 0.25) is 0 Å². The molecule has 36 heavy (non-hydrogen) atoms. The summed E-state index contributed by atoms with van der Waals surface area (Å²) in [4.78, 5) is 25.0. The van der Waals surface area contributed by atoms with Crippen molar-refractivity contribution in [3.05, 3.63) is 89.6 Å². The Labute approximate surface area is 212 Å². The molecule has 3 N–H and O–H groups in total. The third-order valence-electron chi connectivity index (χ3n) is 5.50. The van der Waals surface area contributed by atoms with Crippen LogP contribution in [0.1, 0.15) is 17.5 Å². The van der Waals surface area contributed by atoms with E-state index in [2.05, 4.69) is 43.5 Å². The highest BCUT2D eigenvalue weighted by molar-refractivity contribution is 6.31. The van der Waals surface area contributed by atoms with Crippen molar-refractivity contribution in [1.29, 1.82) is 0 Å². The van der Waals surface area contributed by atoms with Crippen molar-refractivity contribution >= 4 is 51.3 Å². The van der Waals surface area contributed by atoms with Gasteiger partial charge in [0.25, 0.3) is 5.91 Å². The summed E-state index contributed by atoms with van der Waals surface area (Å²) in [6.45, 7) is -0.0886. The zero-order valence-corrected chi connectivity index (χ0v) is 19.8. The number of nitrogens with one attached hydrogen (secondary N) is 2. The highest BCUT2D eigenvalue weighted by atomic mass is 35.5. The Balaban J connectivity index is 1.35. The molecule has 0 aliphatic rings. The fourth-order valence-electron chi connectivity index (χ4n) is 3.78. The minimum absolute atomic E-state index is 0.0886. The van der Waals surface area contributed by atoms with Crippen LogP contribution in [0.25, 0.3) is 16.6 Å². The standard InChI is InChI=1S/C27H21ClN6O2/c28-23-16-21(5-4-19(23)13-18-8-10-34-11-9-29-25(34)14-18)33-27-22-15-20(6-7-24(22)30-17-31-27)32-26(36)3-1-2-12-35/h4-11,14-17,35H,2,12-13H2,(H,32,36)(H,30,31,33). The molecule has 0 aliphatic carbocycles. The van der Waals surface area contributed by atoms with Gasteiger partial charge in [-0.05, 0) is 65.9 Å². The number of hydrogen-bond acceptors (Lipinski definition) is 6. The smallest absolute Gasteiger partial charge is 0.300 e. The van der Waals surface area contributed by atoms with E-state index in [0.29, 0.717) is 28.5 Å². The van der Waals surface area contributed by atoms with E-state index in [1.807, 2.05) is 41.1 Å². The van der Waals surface area contributed by atoms with Crippen LogP contribution in [0, 0.1) is 11.8 Å². The van der Waals surface area contributed by atoms with E-state index < -0.39 is 5.91 Å². The zero-order valence-electron chi connectivity index (χ0n) is 19.1. The first kappa shape index (κ1) is 23.3. The second-order valence-corrected chi connectivity index (χ2v) is 8.43. The minimum atomic E-state index is -0.455. The van der Waals surface area contributed by atoms with Crippen LogP contribution in [0.3, 0.4) is 0 Å². The molecule has 5 aromatic rings. The van der Waals surface area contributed by atoms with Crippen molar-refractivity contribution in [3.63, 3.8) is 0 Å². The molecule has 3 aromatic heterocycles. The van der Waals surface area contributed by atoms with Gasteiger partial charge in [0.15, 0.2) is 0 Å². The topological polar surface area (TPSA) is 104 Å². The van der Waals surface area contributed by atoms with Gasteiger partial charge < -0.3 is 20.1 Å². The lowest BCUT2D eigenvalue weighted by atomic mass is 10.1. The number of hydrogen-bond donors (Lipinski definition) is 3. The molecule has 3 heterocycles. The lowest BCUT2D eigenvalue weighted by molar-refractivity contribution is -0.111. The first-order chi connectivity index (χ1) is 17.6. The summed E-state index contributed by atoms with van der Waals surface area (Å²) in [5.41, 5.74) is 5.06. The summed E-state index contributed by atoms with van der Waals surface area (Å²) in [7, 11) is 0. The van der Waals surface area contributed by atoms with Gasteiger partial charge >= 0.3 is 0 Å². The van der Waals surface area contributed by atoms with Crippen molar-refractivity contribution in [3.8, 4) is 11.8 Å². The Morgan fingerprint density at radius 1 is 1.03 bits per heavy atom. The van der Waals surface area contributed by atoms with Crippen molar-refractivity contribution in [2.45, 2.75) is 12.8 Å². The van der Waals surface area contributed by atoms with Crippen LogP contribution in [0.2, 0.25) is 5.02 Å². The average molecular weight is 497 g/mol. The molecule has 5 rings (SSSR count). The van der Waals surface area contributed by atoms with Gasteiger partial charge in [0, 0.05) is 46.8 Å². The summed E-state index contributed by atoms with van der Waals surface area (Å²) in [6, 6.07) is 15.2. The molecule has 2 aromatic carbocycles. The molecule has 0 atom stereocenters. The molecular weight excluding hydrogens is 476 g/mol. The van der Waals surface area contributed by atoms with E-state index in [4.69, 9.17) is 16.7 Å². The molecule has 178 valence electrons. The normalized spacial score (nSPS) is 10.7. The van der Waals surface area contributed by atoms with E-state index in [1.165, 1.54) is 6.33 Å². The number of carbonyl (C=O) groups is 1. The Morgan fingerprint density at radius 2 is 1.92 bits per heavy atom. The first-order valence-corrected chi connectivity index (χ1v) is 11.6. The number of pyridine rings is 1. The highest BCUT2D eigenvalue weighted by Crippen LogP contribution is 2.29. The Bertz CT molecular complexity index is 1640. The summed E-state index contributed by atoms with van der Waals surface area (Å²) in [6.07, 6.45) is 8.07. The third-order valence-corrected chi connectivity index (χ3v) is 5.86. The monoisotopic (exact) mass is 496 g/mol. The number of aliphatic hydroxyl groups excluding tert-OH is 1. The molecule has 9 heteroatoms. The quantitative estimate of drug-likeness (QED) is 0.297. The number of aliphatic hydroxyl groups is 1. The van der Waals surface area contributed by atoms with Gasteiger partial charge in [0.05, 0.1) is 12.1 Å². The van der Waals surface area contributed by atoms with Gasteiger partial charge in [0.1, 0.15) is 17.8 Å². The lowest BCUT2D eigenvalue weighted by Crippen LogP contribution is -2.08. The summed E-state index contributed by atoms with van der Waals surface area (Å²) in [5, 5.41) is 16.2. The molecule has 0 bridgehead atoms. The SMILES string of the molecule is O=C(C#CCCO)Nc1ccc2ncnc(Nc3ccc(Cc4ccn5ccnc5c4)c(Cl)c3)c2c1. The van der Waals surface area contributed by atoms with Crippen molar-refractivity contribution in [2.75, 3.05) is 17.2 Å². The Hall–Kier alpha value is -4.45.